The minimum absolute atomic E-state index is 0. The molecule has 0 unspecified atom stereocenters. The molecule has 11 aromatic rings. The fourth-order valence-corrected chi connectivity index (χ4v) is 20.6. The van der Waals surface area contributed by atoms with E-state index in [0.717, 1.165) is 118 Å². The van der Waals surface area contributed by atoms with E-state index in [9.17, 15) is 38.4 Å². The lowest BCUT2D eigenvalue weighted by Crippen LogP contribution is -2.69. The zero-order valence-electron chi connectivity index (χ0n) is 74.1. The van der Waals surface area contributed by atoms with Gasteiger partial charge in [-0.1, -0.05) is 150 Å². The van der Waals surface area contributed by atoms with E-state index >= 15 is 0 Å². The highest BCUT2D eigenvalue weighted by Crippen LogP contribution is 2.46. The van der Waals surface area contributed by atoms with Gasteiger partial charge in [-0.05, 0) is 172 Å². The summed E-state index contributed by atoms with van der Waals surface area (Å²) in [5.41, 5.74) is 10.3. The van der Waals surface area contributed by atoms with Crippen molar-refractivity contribution in [1.29, 1.82) is 0 Å². The molecule has 6 N–H and O–H groups in total. The molecule has 5 aromatic carbocycles. The summed E-state index contributed by atoms with van der Waals surface area (Å²) < 4.78 is 20.7. The Morgan fingerprint density at radius 3 is 1.04 bits per heavy atom. The van der Waals surface area contributed by atoms with E-state index < -0.39 is 22.2 Å². The Kier molecular flexibility index (Phi) is 32.1. The molecule has 8 saturated heterocycles. The predicted molar refractivity (Wildman–Crippen MR) is 528 cm³/mol. The molecule has 0 aliphatic carbocycles. The number of aromatic nitrogens is 8. The van der Waals surface area contributed by atoms with Crippen molar-refractivity contribution in [3.05, 3.63) is 246 Å². The first-order valence-electron chi connectivity index (χ1n) is 43.5. The monoisotopic (exact) mass is 2060 g/mol. The minimum Gasteiger partial charge on any atom is -0.497 e. The number of methoxy groups -OCH3 is 3. The zero-order valence-corrected chi connectivity index (χ0v) is 81.1. The summed E-state index contributed by atoms with van der Waals surface area (Å²) >= 11 is 37.7. The first-order valence-corrected chi connectivity index (χ1v) is 47.0. The molecule has 19 rings (SSSR count). The van der Waals surface area contributed by atoms with Crippen LogP contribution in [0.1, 0.15) is 75.5 Å². The number of carbonyl (C=O) groups excluding carboxylic acids is 8. The Morgan fingerprint density at radius 1 is 0.363 bits per heavy atom. The van der Waals surface area contributed by atoms with E-state index in [1.165, 1.54) is 6.20 Å². The predicted octanol–water partition coefficient (Wildman–Crippen LogP) is 13.8. The van der Waals surface area contributed by atoms with Crippen molar-refractivity contribution in [2.75, 3.05) is 115 Å². The summed E-state index contributed by atoms with van der Waals surface area (Å²) in [5, 5.41) is 28.4. The maximum absolute atomic E-state index is 13.4. The summed E-state index contributed by atoms with van der Waals surface area (Å²) in [6, 6.07) is 39.3. The molecule has 0 atom stereocenters. The molecular formula is C97H103Br2Cl5N20O11. The number of rotatable bonds is 16. The molecule has 31 nitrogen and oxygen atoms in total. The fourth-order valence-electron chi connectivity index (χ4n) is 18.3. The second-order valence-corrected chi connectivity index (χ2v) is 37.2. The number of pyridine rings is 4. The van der Waals surface area contributed by atoms with Crippen LogP contribution < -0.4 is 60.8 Å². The molecule has 135 heavy (non-hydrogen) atoms. The number of amides is 8. The van der Waals surface area contributed by atoms with Crippen molar-refractivity contribution in [3.8, 4) is 61.8 Å². The van der Waals surface area contributed by atoms with Gasteiger partial charge >= 0.3 is 0 Å². The number of nitrogens with zero attached hydrogens (tertiary/aromatic N) is 14. The second kappa shape index (κ2) is 43.8. The number of piperazine rings is 4. The lowest BCUT2D eigenvalue weighted by Gasteiger charge is -2.50. The van der Waals surface area contributed by atoms with Crippen LogP contribution in [0.5, 0.6) is 17.2 Å². The van der Waals surface area contributed by atoms with Gasteiger partial charge in [0.25, 0.3) is 0 Å². The van der Waals surface area contributed by atoms with Crippen LogP contribution in [0.25, 0.3) is 44.5 Å². The number of ether oxygens (including phenoxy) is 3. The summed E-state index contributed by atoms with van der Waals surface area (Å²) in [6.45, 7) is 6.38. The van der Waals surface area contributed by atoms with Gasteiger partial charge < -0.3 is 75.5 Å². The third-order valence-corrected chi connectivity index (χ3v) is 28.7. The number of carbonyl (C=O) groups is 8. The van der Waals surface area contributed by atoms with Crippen LogP contribution in [0.15, 0.2) is 205 Å². The molecule has 8 aliphatic heterocycles. The van der Waals surface area contributed by atoms with Crippen LogP contribution in [0.2, 0.25) is 25.1 Å². The van der Waals surface area contributed by atoms with Crippen molar-refractivity contribution in [2.24, 2.45) is 14.1 Å². The molecule has 8 amide bonds. The third-order valence-electron chi connectivity index (χ3n) is 25.7. The highest BCUT2D eigenvalue weighted by molar-refractivity contribution is 9.11. The van der Waals surface area contributed by atoms with Gasteiger partial charge in [0.05, 0.1) is 111 Å². The molecule has 0 saturated carbocycles. The lowest BCUT2D eigenvalue weighted by molar-refractivity contribution is -0.156. The Bertz CT molecular complexity index is 6070. The number of hydrogen-bond donors (Lipinski definition) is 6. The van der Waals surface area contributed by atoms with E-state index in [4.69, 9.17) is 72.2 Å². The number of piperidine rings is 4. The number of hydrogen-bond acceptors (Lipinski definition) is 21. The Hall–Kier alpha value is -12.0. The second-order valence-electron chi connectivity index (χ2n) is 33.5. The Morgan fingerprint density at radius 2 is 0.689 bits per heavy atom. The molecule has 0 radical (unpaired) electrons. The van der Waals surface area contributed by atoms with Crippen LogP contribution in [-0.2, 0) is 72.1 Å². The number of benzene rings is 5. The van der Waals surface area contributed by atoms with Gasteiger partial charge in [0.1, 0.15) is 39.4 Å². The average molecular weight is 2060 g/mol. The van der Waals surface area contributed by atoms with Crippen molar-refractivity contribution in [1.82, 2.24) is 86.1 Å². The van der Waals surface area contributed by atoms with E-state index in [-0.39, 0.29) is 80.9 Å². The van der Waals surface area contributed by atoms with E-state index in [1.807, 2.05) is 124 Å². The van der Waals surface area contributed by atoms with Gasteiger partial charge in [0, 0.05) is 157 Å². The van der Waals surface area contributed by atoms with Gasteiger partial charge in [0.15, 0.2) is 0 Å². The molecular weight excluding hydrogens is 1960 g/mol. The minimum atomic E-state index is -0.920. The van der Waals surface area contributed by atoms with Crippen LogP contribution in [0, 0.1) is 0 Å². The fraction of sp³-hybridized carbons (Fsp3) is 0.340. The number of nitrogens with one attached hydrogen (secondary N) is 6. The van der Waals surface area contributed by atoms with E-state index in [2.05, 4.69) is 157 Å². The third kappa shape index (κ3) is 22.0. The maximum Gasteiger partial charge on any atom is 0.246 e. The number of aryl methyl sites for hydroxylation is 2. The summed E-state index contributed by atoms with van der Waals surface area (Å²) in [5.74, 6) is 1.65. The molecule has 0 bridgehead atoms. The largest absolute Gasteiger partial charge is 0.497 e. The summed E-state index contributed by atoms with van der Waals surface area (Å²) in [6.07, 6.45) is 25.3. The van der Waals surface area contributed by atoms with Crippen molar-refractivity contribution in [2.45, 2.75) is 101 Å². The van der Waals surface area contributed by atoms with Crippen molar-refractivity contribution in [3.63, 3.8) is 0 Å². The SMILES string of the molecule is C.COc1ccc(CN2C(=O)CNC(=O)C23CCN(c2c(Cl)cncc2-c2ccc(-c4cnn(C)c4)cc2)CC3)cc1.COc1ccc(CN2C(=O)CNC(=O)C23CCN(c2c(Cl)cncc2Br)CC3)cc1.COc1ccc(CN2C(=O)CNC(=O)C23CCNCC3)cc1.Clc1cncc(Br)c1Cl.Cn1cc(-c2ccc(-c3cncc(Cl)c3N3CCC4(CC3)NC(=O)CNC4=O)cc2)cn1. The molecule has 6 aromatic heterocycles. The molecule has 38 heteroatoms. The van der Waals surface area contributed by atoms with Crippen LogP contribution in [0.4, 0.5) is 17.1 Å². The molecule has 8 fully saturated rings. The highest BCUT2D eigenvalue weighted by atomic mass is 79.9. The molecule has 4 spiro atoms. The Labute approximate surface area is 824 Å². The normalized spacial score (nSPS) is 17.5. The number of anilines is 3. The van der Waals surface area contributed by atoms with Crippen LogP contribution in [-0.4, -0.2) is 223 Å². The first-order chi connectivity index (χ1) is 64.6. The summed E-state index contributed by atoms with van der Waals surface area (Å²) in [4.78, 5) is 130. The average Bonchev–Trinajstić information content (AvgIpc) is 1.60. The van der Waals surface area contributed by atoms with Gasteiger partial charge in [-0.2, -0.15) is 10.2 Å². The first kappa shape index (κ1) is 99.0. The molecule has 14 heterocycles. The smallest absolute Gasteiger partial charge is 0.246 e. The van der Waals surface area contributed by atoms with E-state index in [0.29, 0.717) is 135 Å². The van der Waals surface area contributed by atoms with Gasteiger partial charge in [0.2, 0.25) is 47.3 Å². The zero-order chi connectivity index (χ0) is 94.6. The lowest BCUT2D eigenvalue weighted by atomic mass is 9.82. The standard InChI is InChI=1S/C31H31ClN6O3.C23H23ClN6O2.C21H22BrClN4O3.C16H21N3O3.C5H2BrCl2N.CH4/c1-36-20-24(15-35-36)22-5-7-23(8-6-22)26-16-33-17-27(32)29(26)37-13-11-31(12-14-37)30(40)34-18-28(39)38(31)19-21-3-9-25(41-2)10-4-21;1-29-14-17(10-27-29)15-2-4-16(5-3-15)18-11-25-12-19(24)21(18)30-8-6-23(7-9-30)22(32)26-13-20(31)28-23;1-30-15-4-2-14(3-5-15)13-27-18(28)12-25-20(29)21(27)6-8-26(9-7-21)19-16(22)10-24-11-17(19)23;1-22-13-4-2-12(3-5-13)11-19-14(20)10-18-15(21)16(19)6-8-17-9-7-16;6-3-1-9-2-4(7)5(3)8;/h3-10,15-17,20H,11-14,18-19H2,1-2H3,(H,34,40);2-5,10-12,14H,6-9,13H2,1H3,(H,26,32)(H,28,31);2-5,10-11H,6-9,12-13H2,1H3,(H,25,29);2-5,17H,6-11H2,1H3,(H,18,21);1-2H;1H4. The Balaban J connectivity index is 0.000000142. The van der Waals surface area contributed by atoms with Gasteiger partial charge in [-0.3, -0.25) is 67.7 Å². The van der Waals surface area contributed by atoms with Crippen LogP contribution in [0.3, 0.4) is 0 Å². The topological polar surface area (TPSA) is 343 Å². The van der Waals surface area contributed by atoms with Gasteiger partial charge in [-0.25, -0.2) is 0 Å². The highest BCUT2D eigenvalue weighted by Gasteiger charge is 2.54. The number of halogens is 7. The molecule has 706 valence electrons. The maximum atomic E-state index is 13.4. The quantitative estimate of drug-likeness (QED) is 0.0523. The molecule has 8 aliphatic rings. The van der Waals surface area contributed by atoms with E-state index in [1.54, 1.807) is 76.4 Å². The van der Waals surface area contributed by atoms with Gasteiger partial charge in [-0.15, -0.1) is 0 Å². The van der Waals surface area contributed by atoms with Crippen molar-refractivity contribution >= 4 is 154 Å². The summed E-state index contributed by atoms with van der Waals surface area (Å²) in [7, 11) is 8.65. The van der Waals surface area contributed by atoms with Crippen LogP contribution >= 0.6 is 89.9 Å². The van der Waals surface area contributed by atoms with Crippen molar-refractivity contribution < 1.29 is 52.6 Å².